The molecule has 0 aliphatic rings. The van der Waals surface area contributed by atoms with Crippen LogP contribution in [0.3, 0.4) is 0 Å². The van der Waals surface area contributed by atoms with Crippen LogP contribution < -0.4 is 0 Å². The summed E-state index contributed by atoms with van der Waals surface area (Å²) in [5, 5.41) is 25.8. The van der Waals surface area contributed by atoms with Crippen LogP contribution in [0.2, 0.25) is 0 Å². The number of allylic oxidation sites excluding steroid dienone is 1. The van der Waals surface area contributed by atoms with E-state index >= 15 is 0 Å². The Bertz CT molecular complexity index is 2600. The minimum absolute atomic E-state index is 0.662. The molecule has 0 bridgehead atoms. The Balaban J connectivity index is 1.20. The van der Waals surface area contributed by atoms with E-state index in [4.69, 9.17) is 8.83 Å². The summed E-state index contributed by atoms with van der Waals surface area (Å²) in [6.45, 7) is 4.11. The lowest BCUT2D eigenvalue weighted by atomic mass is 9.98. The zero-order valence-electron chi connectivity index (χ0n) is 24.1. The highest BCUT2D eigenvalue weighted by atomic mass is 16.3. The van der Waals surface area contributed by atoms with Crippen molar-refractivity contribution in [2.45, 2.75) is 13.8 Å². The van der Waals surface area contributed by atoms with Gasteiger partial charge in [-0.2, -0.15) is 10.5 Å². The largest absolute Gasteiger partial charge is 0.461 e. The zero-order chi connectivity index (χ0) is 29.9. The van der Waals surface area contributed by atoms with Gasteiger partial charge >= 0.3 is 0 Å². The van der Waals surface area contributed by atoms with Crippen LogP contribution in [0.15, 0.2) is 112 Å². The highest BCUT2D eigenvalue weighted by molar-refractivity contribution is 6.12. The second-order valence-corrected chi connectivity index (χ2v) is 11.3. The molecule has 0 unspecified atom stereocenters. The van der Waals surface area contributed by atoms with E-state index in [1.807, 2.05) is 49.4 Å². The molecule has 0 saturated carbocycles. The number of furan rings is 2. The Morgan fingerprint density at radius 3 is 1.89 bits per heavy atom. The molecule has 0 aliphatic carbocycles. The van der Waals surface area contributed by atoms with E-state index in [2.05, 4.69) is 85.8 Å². The fraction of sp³-hybridized carbons (Fsp3) is 0.0500. The van der Waals surface area contributed by atoms with Gasteiger partial charge in [0.05, 0.1) is 23.3 Å². The van der Waals surface area contributed by atoms with Crippen molar-refractivity contribution in [1.29, 1.82) is 10.5 Å². The second kappa shape index (κ2) is 9.73. The highest BCUT2D eigenvalue weighted by Gasteiger charge is 2.16. The normalized spacial score (nSPS) is 12.0. The number of nitrogens with zero attached hydrogens (tertiary/aromatic N) is 2. The second-order valence-electron chi connectivity index (χ2n) is 11.3. The molecule has 0 saturated heterocycles. The average molecular weight is 565 g/mol. The molecule has 0 aliphatic heterocycles. The summed E-state index contributed by atoms with van der Waals surface area (Å²) < 4.78 is 12.7. The Morgan fingerprint density at radius 2 is 1.14 bits per heavy atom. The quantitative estimate of drug-likeness (QED) is 0.214. The van der Waals surface area contributed by atoms with Crippen molar-refractivity contribution >= 4 is 66.1 Å². The number of fused-ring (bicyclic) bond motifs is 6. The molecular formula is C40H24N2O2. The Kier molecular flexibility index (Phi) is 5.66. The molecular weight excluding hydrogens is 540 g/mol. The fourth-order valence-electron chi connectivity index (χ4n) is 6.22. The van der Waals surface area contributed by atoms with Gasteiger partial charge < -0.3 is 8.83 Å². The summed E-state index contributed by atoms with van der Waals surface area (Å²) in [6.07, 6.45) is 2.18. The topological polar surface area (TPSA) is 73.9 Å². The highest BCUT2D eigenvalue weighted by Crippen LogP contribution is 2.38. The molecule has 0 atom stereocenters. The van der Waals surface area contributed by atoms with Gasteiger partial charge in [-0.1, -0.05) is 42.5 Å². The van der Waals surface area contributed by atoms with Crippen LogP contribution in [-0.4, -0.2) is 0 Å². The van der Waals surface area contributed by atoms with Gasteiger partial charge in [0.15, 0.2) is 0 Å². The standard InChI is InChI=1S/C40H24N2O2/c1-23(27-7-8-28-14-25(21-41)3-5-30(28)16-27)13-34-24(2)43-39-20-37-35-18-33(11-12-38(35)44-40(37)19-36(34)39)32-10-9-29-15-26(22-42)4-6-31(29)17-32/h3-20H,1-2H3/b23-13+. The molecule has 0 spiro atoms. The van der Waals surface area contributed by atoms with Crippen LogP contribution in [0.5, 0.6) is 0 Å². The van der Waals surface area contributed by atoms with Gasteiger partial charge in [-0.3, -0.25) is 0 Å². The van der Waals surface area contributed by atoms with Crippen molar-refractivity contribution in [3.8, 4) is 23.3 Å². The first-order chi connectivity index (χ1) is 21.5. The summed E-state index contributed by atoms with van der Waals surface area (Å²) in [7, 11) is 0. The summed E-state index contributed by atoms with van der Waals surface area (Å²) in [5.41, 5.74) is 9.28. The fourth-order valence-corrected chi connectivity index (χ4v) is 6.22. The first kappa shape index (κ1) is 25.6. The van der Waals surface area contributed by atoms with Crippen molar-refractivity contribution in [3.05, 3.63) is 131 Å². The van der Waals surface area contributed by atoms with Crippen LogP contribution in [-0.2, 0) is 0 Å². The van der Waals surface area contributed by atoms with Gasteiger partial charge in [0.2, 0.25) is 0 Å². The molecule has 4 nitrogen and oxygen atoms in total. The SMILES string of the molecule is C/C(=C\c1c(C)oc2cc3c(cc12)oc1ccc(-c2ccc4cc(C#N)ccc4c2)cc13)c1ccc2cc(C#N)ccc2c1. The number of nitriles is 2. The van der Waals surface area contributed by atoms with Gasteiger partial charge in [-0.25, -0.2) is 0 Å². The lowest BCUT2D eigenvalue weighted by Crippen LogP contribution is -1.83. The number of rotatable bonds is 3. The van der Waals surface area contributed by atoms with E-state index in [0.717, 1.165) is 88.0 Å². The van der Waals surface area contributed by atoms with Gasteiger partial charge in [-0.15, -0.1) is 0 Å². The average Bonchev–Trinajstić information content (AvgIpc) is 3.57. The lowest BCUT2D eigenvalue weighted by molar-refractivity contribution is 0.578. The predicted molar refractivity (Wildman–Crippen MR) is 178 cm³/mol. The Morgan fingerprint density at radius 1 is 0.568 bits per heavy atom. The minimum Gasteiger partial charge on any atom is -0.461 e. The summed E-state index contributed by atoms with van der Waals surface area (Å²) >= 11 is 0. The summed E-state index contributed by atoms with van der Waals surface area (Å²) in [4.78, 5) is 0. The van der Waals surface area contributed by atoms with Crippen LogP contribution in [0.4, 0.5) is 0 Å². The van der Waals surface area contributed by atoms with Crippen molar-refractivity contribution in [3.63, 3.8) is 0 Å². The number of hydrogen-bond acceptors (Lipinski definition) is 4. The molecule has 2 aromatic heterocycles. The van der Waals surface area contributed by atoms with E-state index in [-0.39, 0.29) is 0 Å². The van der Waals surface area contributed by atoms with Crippen LogP contribution >= 0.6 is 0 Å². The minimum atomic E-state index is 0.662. The lowest BCUT2D eigenvalue weighted by Gasteiger charge is -2.05. The van der Waals surface area contributed by atoms with Crippen molar-refractivity contribution in [1.82, 2.24) is 0 Å². The van der Waals surface area contributed by atoms with Crippen molar-refractivity contribution in [2.24, 2.45) is 0 Å². The first-order valence-corrected chi connectivity index (χ1v) is 14.4. The van der Waals surface area contributed by atoms with E-state index in [0.29, 0.717) is 11.1 Å². The molecule has 6 aromatic carbocycles. The number of hydrogen-bond donors (Lipinski definition) is 0. The molecule has 2 heterocycles. The van der Waals surface area contributed by atoms with Crippen LogP contribution in [0.1, 0.15) is 34.9 Å². The summed E-state index contributed by atoms with van der Waals surface area (Å²) in [5.74, 6) is 0.854. The smallest absolute Gasteiger partial charge is 0.136 e. The molecule has 206 valence electrons. The molecule has 0 fully saturated rings. The zero-order valence-corrected chi connectivity index (χ0v) is 24.1. The maximum atomic E-state index is 9.23. The molecule has 44 heavy (non-hydrogen) atoms. The third kappa shape index (κ3) is 4.13. The van der Waals surface area contributed by atoms with Crippen molar-refractivity contribution < 1.29 is 8.83 Å². The van der Waals surface area contributed by atoms with E-state index in [9.17, 15) is 10.5 Å². The Labute approximate surface area is 253 Å². The maximum Gasteiger partial charge on any atom is 0.136 e. The molecule has 8 rings (SSSR count). The number of aryl methyl sites for hydroxylation is 1. The molecule has 4 heteroatoms. The van der Waals surface area contributed by atoms with Gasteiger partial charge in [0, 0.05) is 21.7 Å². The molecule has 0 N–H and O–H groups in total. The molecule has 0 amide bonds. The molecule has 0 radical (unpaired) electrons. The summed E-state index contributed by atoms with van der Waals surface area (Å²) in [6, 6.07) is 39.1. The van der Waals surface area contributed by atoms with E-state index < -0.39 is 0 Å². The van der Waals surface area contributed by atoms with Crippen LogP contribution in [0.25, 0.3) is 77.2 Å². The monoisotopic (exact) mass is 564 g/mol. The number of benzene rings is 6. The van der Waals surface area contributed by atoms with E-state index in [1.165, 1.54) is 0 Å². The third-order valence-electron chi connectivity index (χ3n) is 8.59. The Hall–Kier alpha value is -6.10. The third-order valence-corrected chi connectivity index (χ3v) is 8.59. The van der Waals surface area contributed by atoms with Gasteiger partial charge in [0.25, 0.3) is 0 Å². The first-order valence-electron chi connectivity index (χ1n) is 14.4. The van der Waals surface area contributed by atoms with E-state index in [1.54, 1.807) is 0 Å². The maximum absolute atomic E-state index is 9.23. The molecule has 8 aromatic rings. The van der Waals surface area contributed by atoms with Crippen LogP contribution in [0, 0.1) is 29.6 Å². The van der Waals surface area contributed by atoms with Gasteiger partial charge in [0.1, 0.15) is 22.5 Å². The predicted octanol–water partition coefficient (Wildman–Crippen LogP) is 10.9. The van der Waals surface area contributed by atoms with Gasteiger partial charge in [-0.05, 0) is 124 Å². The van der Waals surface area contributed by atoms with Crippen molar-refractivity contribution in [2.75, 3.05) is 0 Å².